The highest BCUT2D eigenvalue weighted by molar-refractivity contribution is 5.67. The minimum atomic E-state index is -0.460. The number of alkyl carbamates (subject to hydrolysis) is 1. The van der Waals surface area contributed by atoms with Gasteiger partial charge in [0.25, 0.3) is 0 Å². The van der Waals surface area contributed by atoms with Crippen LogP contribution in [0.1, 0.15) is 64.0 Å². The molecule has 23 heavy (non-hydrogen) atoms. The Morgan fingerprint density at radius 3 is 2.43 bits per heavy atom. The second-order valence-electron chi connectivity index (χ2n) is 7.35. The predicted octanol–water partition coefficient (Wildman–Crippen LogP) is 5.30. The summed E-state index contributed by atoms with van der Waals surface area (Å²) in [4.78, 5) is 11.6. The molecule has 0 unspecified atom stereocenters. The summed E-state index contributed by atoms with van der Waals surface area (Å²) in [5.74, 6) is 0.747. The van der Waals surface area contributed by atoms with Gasteiger partial charge in [0.2, 0.25) is 0 Å². The van der Waals surface area contributed by atoms with Gasteiger partial charge in [0.15, 0.2) is 0 Å². The second kappa shape index (κ2) is 8.19. The number of hydrogen-bond acceptors (Lipinski definition) is 2. The molecule has 1 amide bonds. The Labute approximate surface area is 140 Å². The molecule has 0 heterocycles. The van der Waals surface area contributed by atoms with Crippen molar-refractivity contribution in [3.05, 3.63) is 41.5 Å². The molecule has 1 aromatic rings. The molecule has 0 bridgehead atoms. The average Bonchev–Trinajstić information content (AvgIpc) is 2.51. The van der Waals surface area contributed by atoms with Gasteiger partial charge in [0.1, 0.15) is 5.60 Å². The summed E-state index contributed by atoms with van der Waals surface area (Å²) in [6.45, 7) is 6.07. The van der Waals surface area contributed by atoms with Gasteiger partial charge in [0, 0.05) is 6.54 Å². The summed E-state index contributed by atoms with van der Waals surface area (Å²) in [7, 11) is 0. The van der Waals surface area contributed by atoms with E-state index in [4.69, 9.17) is 4.74 Å². The first-order valence-electron chi connectivity index (χ1n) is 8.66. The first-order chi connectivity index (χ1) is 10.9. The zero-order valence-corrected chi connectivity index (χ0v) is 14.6. The lowest BCUT2D eigenvalue weighted by molar-refractivity contribution is 0.0523. The normalized spacial score (nSPS) is 16.5. The third kappa shape index (κ3) is 6.89. The van der Waals surface area contributed by atoms with Gasteiger partial charge in [-0.3, -0.25) is 0 Å². The molecule has 1 aliphatic rings. The van der Waals surface area contributed by atoms with Crippen molar-refractivity contribution in [2.75, 3.05) is 0 Å². The maximum atomic E-state index is 11.6. The Bertz CT molecular complexity index is 520. The molecule has 1 fully saturated rings. The van der Waals surface area contributed by atoms with Gasteiger partial charge in [-0.1, -0.05) is 55.7 Å². The quantitative estimate of drug-likeness (QED) is 0.818. The molecule has 1 aromatic carbocycles. The Morgan fingerprint density at radius 1 is 1.17 bits per heavy atom. The number of benzene rings is 1. The molecule has 0 aromatic heterocycles. The number of amides is 1. The van der Waals surface area contributed by atoms with Crippen LogP contribution in [-0.4, -0.2) is 11.7 Å². The molecular weight excluding hydrogens is 286 g/mol. The van der Waals surface area contributed by atoms with Crippen molar-refractivity contribution in [2.24, 2.45) is 5.92 Å². The topological polar surface area (TPSA) is 38.3 Å². The number of rotatable bonds is 4. The van der Waals surface area contributed by atoms with Crippen molar-refractivity contribution in [3.8, 4) is 0 Å². The Hall–Kier alpha value is -1.77. The van der Waals surface area contributed by atoms with Crippen LogP contribution in [-0.2, 0) is 11.3 Å². The standard InChI is InChI=1S/C20H29NO2/c1-20(2,3)23-19(22)21-15-18-13-11-17(12-14-18)10-9-16-7-5-4-6-8-16/h9-14,16H,4-8,15H2,1-3H3,(H,21,22)/b10-9-. The van der Waals surface area contributed by atoms with E-state index >= 15 is 0 Å². The van der Waals surface area contributed by atoms with Gasteiger partial charge < -0.3 is 10.1 Å². The van der Waals surface area contributed by atoms with E-state index in [1.54, 1.807) is 0 Å². The smallest absolute Gasteiger partial charge is 0.407 e. The summed E-state index contributed by atoms with van der Waals surface area (Å²) in [6.07, 6.45) is 11.0. The maximum absolute atomic E-state index is 11.6. The monoisotopic (exact) mass is 315 g/mol. The molecule has 0 saturated heterocycles. The highest BCUT2D eigenvalue weighted by Crippen LogP contribution is 2.25. The van der Waals surface area contributed by atoms with Crippen molar-refractivity contribution in [2.45, 2.75) is 65.0 Å². The van der Waals surface area contributed by atoms with E-state index in [9.17, 15) is 4.79 Å². The fourth-order valence-corrected chi connectivity index (χ4v) is 2.81. The van der Waals surface area contributed by atoms with Crippen molar-refractivity contribution < 1.29 is 9.53 Å². The van der Waals surface area contributed by atoms with E-state index in [2.05, 4.69) is 41.7 Å². The van der Waals surface area contributed by atoms with Gasteiger partial charge >= 0.3 is 6.09 Å². The SMILES string of the molecule is CC(C)(C)OC(=O)NCc1ccc(/C=C\C2CCCCC2)cc1. The minimum Gasteiger partial charge on any atom is -0.444 e. The Kier molecular flexibility index (Phi) is 6.26. The van der Waals surface area contributed by atoms with Crippen LogP contribution in [0.15, 0.2) is 30.3 Å². The van der Waals surface area contributed by atoms with Crippen LogP contribution in [0.3, 0.4) is 0 Å². The highest BCUT2D eigenvalue weighted by Gasteiger charge is 2.15. The summed E-state index contributed by atoms with van der Waals surface area (Å²) in [6, 6.07) is 8.31. The minimum absolute atomic E-state index is 0.376. The highest BCUT2D eigenvalue weighted by atomic mass is 16.6. The van der Waals surface area contributed by atoms with E-state index in [0.717, 1.165) is 11.5 Å². The molecule has 3 heteroatoms. The lowest BCUT2D eigenvalue weighted by Gasteiger charge is -2.19. The summed E-state index contributed by atoms with van der Waals surface area (Å²) >= 11 is 0. The van der Waals surface area contributed by atoms with Crippen LogP contribution in [0.5, 0.6) is 0 Å². The molecule has 0 spiro atoms. The number of nitrogens with one attached hydrogen (secondary N) is 1. The lowest BCUT2D eigenvalue weighted by Crippen LogP contribution is -2.32. The van der Waals surface area contributed by atoms with E-state index in [0.29, 0.717) is 6.54 Å². The van der Waals surface area contributed by atoms with Gasteiger partial charge in [-0.2, -0.15) is 0 Å². The van der Waals surface area contributed by atoms with E-state index < -0.39 is 5.60 Å². The summed E-state index contributed by atoms with van der Waals surface area (Å²) in [5, 5.41) is 2.78. The molecule has 1 saturated carbocycles. The van der Waals surface area contributed by atoms with E-state index in [1.807, 2.05) is 20.8 Å². The number of carbonyl (C=O) groups is 1. The van der Waals surface area contributed by atoms with Crippen LogP contribution >= 0.6 is 0 Å². The van der Waals surface area contributed by atoms with Crippen LogP contribution in [0.25, 0.3) is 6.08 Å². The first-order valence-corrected chi connectivity index (χ1v) is 8.66. The fourth-order valence-electron chi connectivity index (χ4n) is 2.81. The van der Waals surface area contributed by atoms with Crippen LogP contribution in [0, 0.1) is 5.92 Å². The zero-order chi connectivity index (χ0) is 16.7. The van der Waals surface area contributed by atoms with Crippen molar-refractivity contribution in [1.82, 2.24) is 5.32 Å². The fraction of sp³-hybridized carbons (Fsp3) is 0.550. The van der Waals surface area contributed by atoms with Crippen LogP contribution in [0.2, 0.25) is 0 Å². The first kappa shape index (κ1) is 17.6. The Balaban J connectivity index is 1.80. The van der Waals surface area contributed by atoms with Crippen molar-refractivity contribution in [1.29, 1.82) is 0 Å². The third-order valence-electron chi connectivity index (χ3n) is 4.03. The van der Waals surface area contributed by atoms with Gasteiger partial charge in [-0.25, -0.2) is 4.79 Å². The summed E-state index contributed by atoms with van der Waals surface area (Å²) < 4.78 is 5.23. The van der Waals surface area contributed by atoms with Gasteiger partial charge in [-0.15, -0.1) is 0 Å². The number of hydrogen-bond donors (Lipinski definition) is 1. The molecule has 0 aliphatic heterocycles. The number of carbonyl (C=O) groups excluding carboxylic acids is 1. The molecule has 3 nitrogen and oxygen atoms in total. The van der Waals surface area contributed by atoms with Crippen molar-refractivity contribution in [3.63, 3.8) is 0 Å². The molecular formula is C20H29NO2. The molecule has 0 atom stereocenters. The zero-order valence-electron chi connectivity index (χ0n) is 14.6. The van der Waals surface area contributed by atoms with E-state index in [-0.39, 0.29) is 6.09 Å². The molecule has 1 N–H and O–H groups in total. The lowest BCUT2D eigenvalue weighted by atomic mass is 9.89. The molecule has 126 valence electrons. The van der Waals surface area contributed by atoms with Crippen LogP contribution in [0.4, 0.5) is 4.79 Å². The summed E-state index contributed by atoms with van der Waals surface area (Å²) in [5.41, 5.74) is 1.83. The average molecular weight is 315 g/mol. The third-order valence-corrected chi connectivity index (χ3v) is 4.03. The Morgan fingerprint density at radius 2 is 1.83 bits per heavy atom. The van der Waals surface area contributed by atoms with Gasteiger partial charge in [0.05, 0.1) is 0 Å². The second-order valence-corrected chi connectivity index (χ2v) is 7.35. The molecule has 2 rings (SSSR count). The maximum Gasteiger partial charge on any atom is 0.407 e. The number of ether oxygens (including phenoxy) is 1. The van der Waals surface area contributed by atoms with Crippen LogP contribution < -0.4 is 5.32 Å². The molecule has 0 radical (unpaired) electrons. The van der Waals surface area contributed by atoms with E-state index in [1.165, 1.54) is 37.7 Å². The predicted molar refractivity (Wildman–Crippen MR) is 95.1 cm³/mol. The number of allylic oxidation sites excluding steroid dienone is 1. The van der Waals surface area contributed by atoms with Gasteiger partial charge in [-0.05, 0) is 50.7 Å². The largest absolute Gasteiger partial charge is 0.444 e. The molecule has 1 aliphatic carbocycles. The van der Waals surface area contributed by atoms with Crippen molar-refractivity contribution >= 4 is 12.2 Å².